The van der Waals surface area contributed by atoms with Gasteiger partial charge in [0.1, 0.15) is 6.29 Å². The lowest BCUT2D eigenvalue weighted by molar-refractivity contribution is -0.110. The molecule has 1 saturated carbocycles. The van der Waals surface area contributed by atoms with E-state index in [0.717, 1.165) is 6.29 Å². The van der Waals surface area contributed by atoms with Crippen molar-refractivity contribution in [3.05, 3.63) is 12.2 Å². The van der Waals surface area contributed by atoms with E-state index in [1.807, 2.05) is 20.8 Å². The predicted octanol–water partition coefficient (Wildman–Crippen LogP) is 1.80. The summed E-state index contributed by atoms with van der Waals surface area (Å²) in [5.41, 5.74) is -0.111. The molecule has 0 aromatic heterocycles. The molecule has 0 aromatic carbocycles. The zero-order valence-corrected chi connectivity index (χ0v) is 8.36. The number of hydrogen-bond acceptors (Lipinski definition) is 2. The summed E-state index contributed by atoms with van der Waals surface area (Å²) in [6.07, 6.45) is 5.46. The third-order valence-corrected chi connectivity index (χ3v) is 2.74. The molecular weight excluding hydrogens is 164 g/mol. The van der Waals surface area contributed by atoms with Gasteiger partial charge in [-0.05, 0) is 26.7 Å². The number of hydrogen-bond donors (Lipinski definition) is 0. The minimum absolute atomic E-state index is 0.111. The van der Waals surface area contributed by atoms with E-state index >= 15 is 0 Å². The van der Waals surface area contributed by atoms with Gasteiger partial charge in [-0.3, -0.25) is 0 Å². The van der Waals surface area contributed by atoms with Gasteiger partial charge in [0.2, 0.25) is 0 Å². The van der Waals surface area contributed by atoms with E-state index in [4.69, 9.17) is 4.74 Å². The Labute approximate surface area is 79.0 Å². The molecule has 0 amide bonds. The molecule has 13 heavy (non-hydrogen) atoms. The molecule has 2 nitrogen and oxygen atoms in total. The minimum atomic E-state index is -0.111. The van der Waals surface area contributed by atoms with Gasteiger partial charge in [-0.25, -0.2) is 0 Å². The van der Waals surface area contributed by atoms with Crippen LogP contribution in [0.3, 0.4) is 0 Å². The first-order chi connectivity index (χ1) is 6.03. The average molecular weight is 180 g/mol. The van der Waals surface area contributed by atoms with Crippen molar-refractivity contribution < 1.29 is 9.53 Å². The van der Waals surface area contributed by atoms with Crippen LogP contribution in [-0.4, -0.2) is 18.0 Å². The maximum Gasteiger partial charge on any atom is 0.124 e. The summed E-state index contributed by atoms with van der Waals surface area (Å²) in [6.45, 7) is 6.14. The number of rotatable bonds is 2. The SMILES string of the molecule is CC(C)(C)O[C@H]1C=C[C@H]2C(C=O)[C@@H]12. The highest BCUT2D eigenvalue weighted by atomic mass is 16.5. The maximum absolute atomic E-state index is 10.6. The molecule has 2 heteroatoms. The van der Waals surface area contributed by atoms with E-state index in [0.29, 0.717) is 11.8 Å². The third-order valence-electron chi connectivity index (χ3n) is 2.74. The lowest BCUT2D eigenvalue weighted by Crippen LogP contribution is -2.27. The molecular formula is C11H16O2. The van der Waals surface area contributed by atoms with E-state index in [2.05, 4.69) is 12.2 Å². The minimum Gasteiger partial charge on any atom is -0.368 e. The third kappa shape index (κ3) is 1.55. The first-order valence-corrected chi connectivity index (χ1v) is 4.84. The van der Waals surface area contributed by atoms with Crippen LogP contribution in [0.4, 0.5) is 0 Å². The fourth-order valence-corrected chi connectivity index (χ4v) is 2.15. The number of ether oxygens (including phenoxy) is 1. The van der Waals surface area contributed by atoms with Crippen molar-refractivity contribution in [1.29, 1.82) is 0 Å². The Hall–Kier alpha value is -0.630. The molecule has 4 atom stereocenters. The largest absolute Gasteiger partial charge is 0.368 e. The molecule has 1 fully saturated rings. The van der Waals surface area contributed by atoms with Crippen molar-refractivity contribution in [3.63, 3.8) is 0 Å². The fourth-order valence-electron chi connectivity index (χ4n) is 2.15. The molecule has 0 N–H and O–H groups in total. The molecule has 0 saturated heterocycles. The highest BCUT2D eigenvalue weighted by Gasteiger charge is 2.56. The summed E-state index contributed by atoms with van der Waals surface area (Å²) in [7, 11) is 0. The Kier molecular flexibility index (Phi) is 1.84. The molecule has 0 aromatic rings. The topological polar surface area (TPSA) is 26.3 Å². The molecule has 2 aliphatic rings. The van der Waals surface area contributed by atoms with Gasteiger partial charge in [-0.1, -0.05) is 12.2 Å². The number of carbonyl (C=O) groups is 1. The summed E-state index contributed by atoms with van der Waals surface area (Å²) >= 11 is 0. The molecule has 0 bridgehead atoms. The van der Waals surface area contributed by atoms with Crippen LogP contribution in [0.2, 0.25) is 0 Å². The molecule has 1 unspecified atom stereocenters. The van der Waals surface area contributed by atoms with Gasteiger partial charge < -0.3 is 9.53 Å². The van der Waals surface area contributed by atoms with E-state index in [1.165, 1.54) is 0 Å². The summed E-state index contributed by atoms with van der Waals surface area (Å²) in [4.78, 5) is 10.6. The van der Waals surface area contributed by atoms with Crippen molar-refractivity contribution in [2.24, 2.45) is 17.8 Å². The van der Waals surface area contributed by atoms with Crippen molar-refractivity contribution in [1.82, 2.24) is 0 Å². The summed E-state index contributed by atoms with van der Waals surface area (Å²) in [6, 6.07) is 0. The Morgan fingerprint density at radius 3 is 2.46 bits per heavy atom. The quantitative estimate of drug-likeness (QED) is 0.478. The predicted molar refractivity (Wildman–Crippen MR) is 50.3 cm³/mol. The second kappa shape index (κ2) is 2.68. The number of aldehydes is 1. The van der Waals surface area contributed by atoms with E-state index in [9.17, 15) is 4.79 Å². The zero-order valence-electron chi connectivity index (χ0n) is 8.36. The standard InChI is InChI=1S/C11H16O2/c1-11(2,3)13-9-5-4-7-8(6-12)10(7)9/h4-10H,1-3H3/t7-,8?,9-,10-/m0/s1. The molecule has 0 heterocycles. The zero-order chi connectivity index (χ0) is 9.64. The number of carbonyl (C=O) groups excluding carboxylic acids is 1. The smallest absolute Gasteiger partial charge is 0.124 e. The van der Waals surface area contributed by atoms with Crippen molar-refractivity contribution in [3.8, 4) is 0 Å². The second-order valence-electron chi connectivity index (χ2n) is 4.95. The molecule has 0 aliphatic heterocycles. The second-order valence-corrected chi connectivity index (χ2v) is 4.95. The van der Waals surface area contributed by atoms with Crippen LogP contribution in [0, 0.1) is 17.8 Å². The first kappa shape index (κ1) is 8.95. The molecule has 72 valence electrons. The summed E-state index contributed by atoms with van der Waals surface area (Å²) < 4.78 is 5.84. The van der Waals surface area contributed by atoms with Gasteiger partial charge in [0.25, 0.3) is 0 Å². The molecule has 2 rings (SSSR count). The van der Waals surface area contributed by atoms with Gasteiger partial charge in [0.05, 0.1) is 11.7 Å². The lowest BCUT2D eigenvalue weighted by atomic mass is 10.1. The van der Waals surface area contributed by atoms with Crippen molar-refractivity contribution in [2.75, 3.05) is 0 Å². The van der Waals surface area contributed by atoms with Gasteiger partial charge in [0.15, 0.2) is 0 Å². The van der Waals surface area contributed by atoms with Crippen molar-refractivity contribution in [2.45, 2.75) is 32.5 Å². The Bertz CT molecular complexity index is 245. The van der Waals surface area contributed by atoms with Crippen LogP contribution in [0.5, 0.6) is 0 Å². The van der Waals surface area contributed by atoms with Crippen LogP contribution in [0.1, 0.15) is 20.8 Å². The highest BCUT2D eigenvalue weighted by Crippen LogP contribution is 2.54. The van der Waals surface area contributed by atoms with E-state index in [1.54, 1.807) is 0 Å². The van der Waals surface area contributed by atoms with Crippen LogP contribution in [-0.2, 0) is 9.53 Å². The van der Waals surface area contributed by atoms with Crippen LogP contribution in [0.15, 0.2) is 12.2 Å². The average Bonchev–Trinajstić information content (AvgIpc) is 2.57. The van der Waals surface area contributed by atoms with Crippen LogP contribution in [0.25, 0.3) is 0 Å². The fraction of sp³-hybridized carbons (Fsp3) is 0.727. The Balaban J connectivity index is 1.97. The van der Waals surface area contributed by atoms with Gasteiger partial charge >= 0.3 is 0 Å². The summed E-state index contributed by atoms with van der Waals surface area (Å²) in [5, 5.41) is 0. The normalized spacial score (nSPS) is 41.8. The number of fused-ring (bicyclic) bond motifs is 1. The molecule has 0 radical (unpaired) electrons. The van der Waals surface area contributed by atoms with Gasteiger partial charge in [0, 0.05) is 11.8 Å². The van der Waals surface area contributed by atoms with Gasteiger partial charge in [-0.15, -0.1) is 0 Å². The van der Waals surface area contributed by atoms with E-state index in [-0.39, 0.29) is 17.6 Å². The first-order valence-electron chi connectivity index (χ1n) is 4.84. The lowest BCUT2D eigenvalue weighted by Gasteiger charge is -2.24. The van der Waals surface area contributed by atoms with Gasteiger partial charge in [-0.2, -0.15) is 0 Å². The molecule has 2 aliphatic carbocycles. The van der Waals surface area contributed by atoms with Crippen molar-refractivity contribution >= 4 is 6.29 Å². The highest BCUT2D eigenvalue weighted by molar-refractivity contribution is 5.62. The maximum atomic E-state index is 10.6. The van der Waals surface area contributed by atoms with E-state index < -0.39 is 0 Å². The Morgan fingerprint density at radius 1 is 1.31 bits per heavy atom. The van der Waals surface area contributed by atoms with Crippen LogP contribution >= 0.6 is 0 Å². The van der Waals surface area contributed by atoms with Crippen LogP contribution < -0.4 is 0 Å². The summed E-state index contributed by atoms with van der Waals surface area (Å²) in [5.74, 6) is 1.15. The number of allylic oxidation sites excluding steroid dienone is 1. The monoisotopic (exact) mass is 180 g/mol. The molecule has 0 spiro atoms. The Morgan fingerprint density at radius 2 is 2.00 bits per heavy atom.